The van der Waals surface area contributed by atoms with Crippen LogP contribution in [-0.2, 0) is 18.8 Å². The molecule has 3 fully saturated rings. The molecule has 6 rings (SSSR count). The lowest BCUT2D eigenvalue weighted by Crippen LogP contribution is -2.44. The number of nitrogens with zero attached hydrogens (tertiary/aromatic N) is 2. The molecule has 2 bridgehead atoms. The predicted octanol–water partition coefficient (Wildman–Crippen LogP) is 4.66. The first-order valence-corrected chi connectivity index (χ1v) is 13.7. The van der Waals surface area contributed by atoms with Crippen LogP contribution < -0.4 is 5.46 Å². The third-order valence-electron chi connectivity index (χ3n) is 8.73. The molecule has 2 aromatic carbocycles. The maximum atomic E-state index is 13.2. The molecule has 0 amide bonds. The highest BCUT2D eigenvalue weighted by atomic mass is 16.7. The van der Waals surface area contributed by atoms with E-state index in [0.717, 1.165) is 53.0 Å². The molecule has 4 heterocycles. The third-order valence-corrected chi connectivity index (χ3v) is 8.73. The summed E-state index contributed by atoms with van der Waals surface area (Å²) in [6.07, 6.45) is 1.08. The molecular weight excluding hydrogens is 477 g/mol. The first-order chi connectivity index (χ1) is 17.8. The minimum Gasteiger partial charge on any atom is -0.459 e. The molecule has 3 saturated heterocycles. The van der Waals surface area contributed by atoms with Crippen molar-refractivity contribution in [3.05, 3.63) is 48.3 Å². The number of carbonyl (C=O) groups excluding carboxylic acids is 1. The molecular formula is C30H38BN3O4. The zero-order valence-electron chi connectivity index (χ0n) is 23.5. The largest absolute Gasteiger partial charge is 0.494 e. The Morgan fingerprint density at radius 2 is 1.71 bits per heavy atom. The van der Waals surface area contributed by atoms with Crippen LogP contribution in [0.5, 0.6) is 0 Å². The van der Waals surface area contributed by atoms with Gasteiger partial charge in [-0.05, 0) is 96.1 Å². The van der Waals surface area contributed by atoms with Crippen LogP contribution in [0.2, 0.25) is 0 Å². The van der Waals surface area contributed by atoms with Crippen molar-refractivity contribution in [2.24, 2.45) is 5.92 Å². The molecule has 1 aromatic heterocycles. The van der Waals surface area contributed by atoms with Crippen LogP contribution in [0.25, 0.3) is 22.2 Å². The van der Waals surface area contributed by atoms with Crippen molar-refractivity contribution in [3.8, 4) is 11.1 Å². The highest BCUT2D eigenvalue weighted by Crippen LogP contribution is 2.45. The van der Waals surface area contributed by atoms with Gasteiger partial charge in [0.05, 0.1) is 22.2 Å². The zero-order chi connectivity index (χ0) is 27.0. The highest BCUT2D eigenvalue weighted by Gasteiger charge is 2.53. The van der Waals surface area contributed by atoms with Crippen molar-refractivity contribution in [2.45, 2.75) is 83.6 Å². The topological polar surface area (TPSA) is 76.7 Å². The third kappa shape index (κ3) is 4.36. The van der Waals surface area contributed by atoms with Gasteiger partial charge >= 0.3 is 13.1 Å². The number of esters is 1. The summed E-state index contributed by atoms with van der Waals surface area (Å²) < 4.78 is 18.2. The van der Waals surface area contributed by atoms with E-state index in [1.807, 2.05) is 20.8 Å². The number of H-pyrrole nitrogens is 1. The Kier molecular flexibility index (Phi) is 5.84. The van der Waals surface area contributed by atoms with Gasteiger partial charge in [0.15, 0.2) is 0 Å². The summed E-state index contributed by atoms with van der Waals surface area (Å²) in [6.45, 7) is 15.9. The number of ether oxygens (including phenoxy) is 1. The van der Waals surface area contributed by atoms with Crippen molar-refractivity contribution in [1.29, 1.82) is 0 Å². The van der Waals surface area contributed by atoms with Gasteiger partial charge in [0.1, 0.15) is 17.5 Å². The lowest BCUT2D eigenvalue weighted by molar-refractivity contribution is -0.161. The Morgan fingerprint density at radius 1 is 1.05 bits per heavy atom. The average molecular weight is 515 g/mol. The molecule has 4 unspecified atom stereocenters. The number of aromatic amines is 1. The summed E-state index contributed by atoms with van der Waals surface area (Å²) in [7, 11) is -0.373. The van der Waals surface area contributed by atoms with Gasteiger partial charge in [-0.2, -0.15) is 0 Å². The molecule has 1 N–H and O–H groups in total. The van der Waals surface area contributed by atoms with Crippen molar-refractivity contribution >= 4 is 29.6 Å². The highest BCUT2D eigenvalue weighted by molar-refractivity contribution is 6.62. The second-order valence-electron chi connectivity index (χ2n) is 13.1. The summed E-state index contributed by atoms with van der Waals surface area (Å²) in [4.78, 5) is 23.9. The maximum Gasteiger partial charge on any atom is 0.494 e. The number of rotatable bonds is 4. The van der Waals surface area contributed by atoms with Crippen LogP contribution in [0.15, 0.2) is 42.5 Å². The van der Waals surface area contributed by atoms with E-state index in [-0.39, 0.29) is 36.2 Å². The van der Waals surface area contributed by atoms with E-state index in [1.165, 1.54) is 0 Å². The van der Waals surface area contributed by atoms with Gasteiger partial charge in [0.25, 0.3) is 0 Å². The van der Waals surface area contributed by atoms with E-state index in [4.69, 9.17) is 19.0 Å². The van der Waals surface area contributed by atoms with Crippen LogP contribution in [0.4, 0.5) is 0 Å². The smallest absolute Gasteiger partial charge is 0.459 e. The Labute approximate surface area is 225 Å². The van der Waals surface area contributed by atoms with E-state index in [1.54, 1.807) is 0 Å². The van der Waals surface area contributed by atoms with E-state index in [0.29, 0.717) is 5.92 Å². The average Bonchev–Trinajstić information content (AvgIpc) is 3.59. The zero-order valence-corrected chi connectivity index (χ0v) is 23.5. The first kappa shape index (κ1) is 25.6. The second-order valence-corrected chi connectivity index (χ2v) is 13.1. The molecule has 0 spiro atoms. The molecule has 3 aliphatic rings. The molecule has 8 heteroatoms. The molecule has 4 atom stereocenters. The van der Waals surface area contributed by atoms with E-state index in [9.17, 15) is 4.79 Å². The lowest BCUT2D eigenvalue weighted by Gasteiger charge is -2.32. The van der Waals surface area contributed by atoms with Crippen LogP contribution in [0.3, 0.4) is 0 Å². The van der Waals surface area contributed by atoms with Gasteiger partial charge in [-0.1, -0.05) is 30.3 Å². The summed E-state index contributed by atoms with van der Waals surface area (Å²) in [5.74, 6) is 1.17. The maximum absolute atomic E-state index is 13.2. The minimum absolute atomic E-state index is 0.0219. The number of hydrogen-bond donors (Lipinski definition) is 1. The molecule has 0 aliphatic carbocycles. The monoisotopic (exact) mass is 515 g/mol. The molecule has 38 heavy (non-hydrogen) atoms. The SMILES string of the molecule is CC(C)(C)OC(=O)C1C(c2nc3ccc(-c4ccc(B5OC(C)(C)C(C)(C)O5)cc4)cc3[nH]2)C2CCN1C2. The standard InChI is InChI=1S/C30H38BN3O4/c1-28(2,3)36-27(35)25-24(20-14-15-34(25)17-20)26-32-22-13-10-19(16-23(22)33-26)18-8-11-21(12-9-18)31-37-29(4,5)30(6,7)38-31/h8-13,16,20,24-25H,14-15,17H2,1-7H3,(H,32,33). The quantitative estimate of drug-likeness (QED) is 0.403. The Balaban J connectivity index is 1.25. The molecule has 3 aromatic rings. The van der Waals surface area contributed by atoms with Crippen LogP contribution in [0, 0.1) is 5.92 Å². The van der Waals surface area contributed by atoms with Gasteiger partial charge < -0.3 is 19.0 Å². The fourth-order valence-electron chi connectivity index (χ4n) is 6.06. The number of aromatic nitrogens is 2. The number of carbonyl (C=O) groups is 1. The number of piperidine rings is 1. The summed E-state index contributed by atoms with van der Waals surface area (Å²) >= 11 is 0. The Bertz CT molecular complexity index is 1360. The van der Waals surface area contributed by atoms with E-state index < -0.39 is 5.60 Å². The molecule has 3 aliphatic heterocycles. The minimum atomic E-state index is -0.509. The van der Waals surface area contributed by atoms with E-state index >= 15 is 0 Å². The second kappa shape index (κ2) is 8.67. The van der Waals surface area contributed by atoms with Crippen LogP contribution in [0.1, 0.15) is 66.6 Å². The van der Waals surface area contributed by atoms with Gasteiger partial charge in [0.2, 0.25) is 0 Å². The summed E-state index contributed by atoms with van der Waals surface area (Å²) in [6, 6.07) is 14.4. The molecule has 200 valence electrons. The number of fused-ring (bicyclic) bond motifs is 3. The van der Waals surface area contributed by atoms with Crippen molar-refractivity contribution in [3.63, 3.8) is 0 Å². The number of benzene rings is 2. The summed E-state index contributed by atoms with van der Waals surface area (Å²) in [5.41, 5.74) is 3.89. The van der Waals surface area contributed by atoms with Crippen molar-refractivity contribution in [2.75, 3.05) is 13.1 Å². The van der Waals surface area contributed by atoms with Gasteiger partial charge in [-0.15, -0.1) is 0 Å². The van der Waals surface area contributed by atoms with E-state index in [2.05, 4.69) is 80.0 Å². The number of imidazole rings is 1. The molecule has 7 nitrogen and oxygen atoms in total. The van der Waals surface area contributed by atoms with Gasteiger partial charge in [-0.3, -0.25) is 9.69 Å². The van der Waals surface area contributed by atoms with Crippen LogP contribution >= 0.6 is 0 Å². The lowest BCUT2D eigenvalue weighted by atomic mass is 9.78. The van der Waals surface area contributed by atoms with Gasteiger partial charge in [-0.25, -0.2) is 4.98 Å². The fourth-order valence-corrected chi connectivity index (χ4v) is 6.06. The van der Waals surface area contributed by atoms with Crippen molar-refractivity contribution in [1.82, 2.24) is 14.9 Å². The Morgan fingerprint density at radius 3 is 2.37 bits per heavy atom. The van der Waals surface area contributed by atoms with Gasteiger partial charge in [0, 0.05) is 12.5 Å². The Hall–Kier alpha value is -2.68. The summed E-state index contributed by atoms with van der Waals surface area (Å²) in [5, 5.41) is 0. The first-order valence-electron chi connectivity index (χ1n) is 13.7. The molecule has 0 radical (unpaired) electrons. The van der Waals surface area contributed by atoms with Crippen molar-refractivity contribution < 1.29 is 18.8 Å². The normalized spacial score (nSPS) is 27.8. The number of nitrogens with one attached hydrogen (secondary N) is 1. The molecule has 0 saturated carbocycles. The van der Waals surface area contributed by atoms with Crippen LogP contribution in [-0.4, -0.2) is 63.9 Å². The number of hydrogen-bond acceptors (Lipinski definition) is 6. The predicted molar refractivity (Wildman–Crippen MR) is 149 cm³/mol. The fraction of sp³-hybridized carbons (Fsp3) is 0.533.